The highest BCUT2D eigenvalue weighted by Gasteiger charge is 2.24. The molecule has 1 amide bonds. The number of benzene rings is 2. The number of piperidine rings is 1. The van der Waals surface area contributed by atoms with Gasteiger partial charge in [0.05, 0.1) is 21.9 Å². The smallest absolute Gasteiger partial charge is 0.267 e. The molecule has 1 N–H and O–H groups in total. The highest BCUT2D eigenvalue weighted by Crippen LogP contribution is 2.31. The summed E-state index contributed by atoms with van der Waals surface area (Å²) in [6.07, 6.45) is 1.69. The van der Waals surface area contributed by atoms with Crippen molar-refractivity contribution in [2.75, 3.05) is 24.2 Å². The van der Waals surface area contributed by atoms with Crippen LogP contribution >= 0.6 is 23.2 Å². The number of hydrogen-bond acceptors (Lipinski definition) is 5. The number of nitrogens with zero attached hydrogens (tertiary/aromatic N) is 1. The summed E-state index contributed by atoms with van der Waals surface area (Å²) in [5, 5.41) is 0.0413. The first-order valence-corrected chi connectivity index (χ1v) is 11.6. The summed E-state index contributed by atoms with van der Waals surface area (Å²) in [5.74, 6) is -2.51. The van der Waals surface area contributed by atoms with E-state index in [2.05, 4.69) is 0 Å². The minimum Gasteiger partial charge on any atom is -0.489 e. The second-order valence-electron chi connectivity index (χ2n) is 6.87. The lowest BCUT2D eigenvalue weighted by atomic mass is 10.1. The zero-order chi connectivity index (χ0) is 22.1. The van der Waals surface area contributed by atoms with Gasteiger partial charge >= 0.3 is 0 Å². The molecule has 30 heavy (non-hydrogen) atoms. The number of carbonyl (C=O) groups is 1. The number of rotatable bonds is 5. The number of anilines is 1. The van der Waals surface area contributed by atoms with E-state index < -0.39 is 33.1 Å². The quantitative estimate of drug-likeness (QED) is 0.702. The fourth-order valence-electron chi connectivity index (χ4n) is 3.11. The van der Waals surface area contributed by atoms with Crippen LogP contribution in [0.4, 0.5) is 14.5 Å². The largest absolute Gasteiger partial charge is 0.489 e. The van der Waals surface area contributed by atoms with E-state index in [-0.39, 0.29) is 21.9 Å². The lowest BCUT2D eigenvalue weighted by Gasteiger charge is -2.34. The molecule has 0 aromatic heterocycles. The average molecular weight is 479 g/mol. The molecule has 0 atom stereocenters. The molecule has 0 bridgehead atoms. The van der Waals surface area contributed by atoms with E-state index in [4.69, 9.17) is 27.9 Å². The van der Waals surface area contributed by atoms with Gasteiger partial charge in [-0.15, -0.1) is 0 Å². The molecule has 1 fully saturated rings. The molecule has 1 aliphatic heterocycles. The van der Waals surface area contributed by atoms with Crippen molar-refractivity contribution >= 4 is 44.8 Å². The van der Waals surface area contributed by atoms with Crippen LogP contribution in [0.5, 0.6) is 5.75 Å². The van der Waals surface area contributed by atoms with Gasteiger partial charge < -0.3 is 9.64 Å². The minimum absolute atomic E-state index is 0.0164. The van der Waals surface area contributed by atoms with E-state index in [1.54, 1.807) is 10.8 Å². The Hall–Kier alpha value is -2.10. The molecule has 11 heteroatoms. The Bertz CT molecular complexity index is 1070. The molecule has 162 valence electrons. The number of nitrogens with one attached hydrogen (secondary N) is 1. The Balaban J connectivity index is 1.65. The topological polar surface area (TPSA) is 75.7 Å². The standard InChI is InChI=1S/C19H18Cl2F2N2O4S/c1-30(27,28)24-19(26)13-9-15(21)18(10-16(13)22)29-12-4-6-25(7-5-12)11-2-3-14(20)17(23)8-11/h2-3,8-10,12H,4-7H2,1H3,(H,24,26). The highest BCUT2D eigenvalue weighted by molar-refractivity contribution is 7.89. The van der Waals surface area contributed by atoms with E-state index in [1.807, 2.05) is 4.90 Å². The fourth-order valence-corrected chi connectivity index (χ4v) is 3.88. The first-order valence-electron chi connectivity index (χ1n) is 8.91. The van der Waals surface area contributed by atoms with Gasteiger partial charge in [-0.3, -0.25) is 4.79 Å². The van der Waals surface area contributed by atoms with Gasteiger partial charge in [0.1, 0.15) is 23.5 Å². The van der Waals surface area contributed by atoms with E-state index in [9.17, 15) is 22.0 Å². The molecular formula is C19H18Cl2F2N2O4S. The van der Waals surface area contributed by atoms with Gasteiger partial charge in [-0.25, -0.2) is 21.9 Å². The van der Waals surface area contributed by atoms with Crippen LogP contribution in [0, 0.1) is 11.6 Å². The molecular weight excluding hydrogens is 461 g/mol. The number of carbonyl (C=O) groups excluding carboxylic acids is 1. The second kappa shape index (κ2) is 8.95. The highest BCUT2D eigenvalue weighted by atomic mass is 35.5. The summed E-state index contributed by atoms with van der Waals surface area (Å²) in [6.45, 7) is 1.17. The van der Waals surface area contributed by atoms with Crippen molar-refractivity contribution < 1.29 is 26.7 Å². The molecule has 1 aliphatic rings. The number of ether oxygens (including phenoxy) is 1. The Labute approximate surface area is 182 Å². The SMILES string of the molecule is CS(=O)(=O)NC(=O)c1cc(Cl)c(OC2CCN(c3ccc(Cl)c(F)c3)CC2)cc1F. The maximum absolute atomic E-state index is 14.3. The Morgan fingerprint density at radius 3 is 2.37 bits per heavy atom. The molecule has 2 aromatic rings. The first-order chi connectivity index (χ1) is 14.0. The molecule has 0 saturated carbocycles. The predicted molar refractivity (Wildman–Crippen MR) is 111 cm³/mol. The van der Waals surface area contributed by atoms with Gasteiger partial charge in [0.2, 0.25) is 10.0 Å². The van der Waals surface area contributed by atoms with Crippen LogP contribution in [0.3, 0.4) is 0 Å². The molecule has 3 rings (SSSR count). The zero-order valence-corrected chi connectivity index (χ0v) is 18.1. The summed E-state index contributed by atoms with van der Waals surface area (Å²) < 4.78 is 57.8. The molecule has 1 heterocycles. The molecule has 6 nitrogen and oxygen atoms in total. The molecule has 0 radical (unpaired) electrons. The van der Waals surface area contributed by atoms with Crippen molar-refractivity contribution in [3.05, 3.63) is 57.6 Å². The van der Waals surface area contributed by atoms with Gasteiger partial charge in [-0.1, -0.05) is 23.2 Å². The monoisotopic (exact) mass is 478 g/mol. The maximum atomic E-state index is 14.3. The average Bonchev–Trinajstić information content (AvgIpc) is 2.66. The predicted octanol–water partition coefficient (Wildman–Crippen LogP) is 4.01. The Kier molecular flexibility index (Phi) is 6.74. The van der Waals surface area contributed by atoms with E-state index in [0.29, 0.717) is 31.6 Å². The van der Waals surface area contributed by atoms with E-state index >= 15 is 0 Å². The van der Waals surface area contributed by atoms with Crippen LogP contribution in [-0.2, 0) is 10.0 Å². The summed E-state index contributed by atoms with van der Waals surface area (Å²) in [6, 6.07) is 6.59. The van der Waals surface area contributed by atoms with Crippen LogP contribution in [0.2, 0.25) is 10.0 Å². The van der Waals surface area contributed by atoms with Crippen molar-refractivity contribution in [1.29, 1.82) is 0 Å². The number of halogens is 4. The van der Waals surface area contributed by atoms with Crippen LogP contribution in [-0.4, -0.2) is 39.8 Å². The van der Waals surface area contributed by atoms with Gasteiger partial charge in [0.25, 0.3) is 5.91 Å². The van der Waals surface area contributed by atoms with Gasteiger partial charge in [-0.2, -0.15) is 0 Å². The van der Waals surface area contributed by atoms with Gasteiger partial charge in [-0.05, 0) is 24.3 Å². The normalized spacial score (nSPS) is 15.2. The molecule has 0 aliphatic carbocycles. The summed E-state index contributed by atoms with van der Waals surface area (Å²) >= 11 is 11.8. The Morgan fingerprint density at radius 2 is 1.77 bits per heavy atom. The lowest BCUT2D eigenvalue weighted by Crippen LogP contribution is -2.38. The summed E-state index contributed by atoms with van der Waals surface area (Å²) in [4.78, 5) is 13.9. The molecule has 0 spiro atoms. The maximum Gasteiger partial charge on any atom is 0.267 e. The van der Waals surface area contributed by atoms with Crippen molar-refractivity contribution in [2.45, 2.75) is 18.9 Å². The Morgan fingerprint density at radius 1 is 1.10 bits per heavy atom. The van der Waals surface area contributed by atoms with Crippen LogP contribution in [0.15, 0.2) is 30.3 Å². The van der Waals surface area contributed by atoms with Crippen molar-refractivity contribution in [1.82, 2.24) is 4.72 Å². The third-order valence-electron chi connectivity index (χ3n) is 4.55. The van der Waals surface area contributed by atoms with Crippen LogP contribution < -0.4 is 14.4 Å². The molecule has 1 saturated heterocycles. The first kappa shape index (κ1) is 22.6. The third kappa shape index (κ3) is 5.53. The second-order valence-corrected chi connectivity index (χ2v) is 9.43. The number of hydrogen-bond donors (Lipinski definition) is 1. The van der Waals surface area contributed by atoms with Gasteiger partial charge in [0, 0.05) is 37.7 Å². The number of amides is 1. The number of sulfonamides is 1. The third-order valence-corrected chi connectivity index (χ3v) is 5.71. The van der Waals surface area contributed by atoms with Crippen LogP contribution in [0.1, 0.15) is 23.2 Å². The fraction of sp³-hybridized carbons (Fsp3) is 0.316. The van der Waals surface area contributed by atoms with Crippen LogP contribution in [0.25, 0.3) is 0 Å². The molecule has 2 aromatic carbocycles. The van der Waals surface area contributed by atoms with Crippen molar-refractivity contribution in [2.24, 2.45) is 0 Å². The van der Waals surface area contributed by atoms with Gasteiger partial charge in [0.15, 0.2) is 0 Å². The van der Waals surface area contributed by atoms with Crippen molar-refractivity contribution in [3.63, 3.8) is 0 Å². The minimum atomic E-state index is -3.84. The summed E-state index contributed by atoms with van der Waals surface area (Å²) in [5.41, 5.74) is 0.207. The summed E-state index contributed by atoms with van der Waals surface area (Å²) in [7, 11) is -3.84. The van der Waals surface area contributed by atoms with E-state index in [1.165, 1.54) is 12.1 Å². The lowest BCUT2D eigenvalue weighted by molar-refractivity contribution is 0.0977. The molecule has 0 unspecified atom stereocenters. The van der Waals surface area contributed by atoms with Crippen molar-refractivity contribution in [3.8, 4) is 5.75 Å². The van der Waals surface area contributed by atoms with E-state index in [0.717, 1.165) is 18.4 Å². The zero-order valence-electron chi connectivity index (χ0n) is 15.8.